The van der Waals surface area contributed by atoms with Crippen LogP contribution in [0.3, 0.4) is 0 Å². The van der Waals surface area contributed by atoms with E-state index in [-0.39, 0.29) is 0 Å². The van der Waals surface area contributed by atoms with Crippen LogP contribution in [0.25, 0.3) is 0 Å². The van der Waals surface area contributed by atoms with E-state index in [0.29, 0.717) is 11.4 Å². The Labute approximate surface area is 86.8 Å². The number of carboxylic acid groups (broad SMARTS) is 1. The first kappa shape index (κ1) is 9.68. The van der Waals surface area contributed by atoms with Crippen molar-refractivity contribution in [3.8, 4) is 0 Å². The zero-order valence-corrected chi connectivity index (χ0v) is 8.64. The van der Waals surface area contributed by atoms with Crippen LogP contribution in [-0.2, 0) is 6.54 Å². The minimum absolute atomic E-state index is 0.466. The predicted molar refractivity (Wildman–Crippen MR) is 55.7 cm³/mol. The molecule has 0 radical (unpaired) electrons. The van der Waals surface area contributed by atoms with Gasteiger partial charge in [-0.15, -0.1) is 11.3 Å². The molecule has 2 rings (SSSR count). The number of carboxylic acids is 1. The third-order valence-corrected chi connectivity index (χ3v) is 3.33. The topological polar surface area (TPSA) is 49.3 Å². The Morgan fingerprint density at radius 2 is 2.43 bits per heavy atom. The van der Waals surface area contributed by atoms with Gasteiger partial charge in [0.25, 0.3) is 0 Å². The maximum atomic E-state index is 10.8. The average molecular weight is 211 g/mol. The maximum Gasteiger partial charge on any atom is 0.346 e. The number of rotatable bonds is 5. The second kappa shape index (κ2) is 4.11. The van der Waals surface area contributed by atoms with Crippen LogP contribution < -0.4 is 5.32 Å². The van der Waals surface area contributed by atoms with E-state index in [2.05, 4.69) is 5.32 Å². The highest BCUT2D eigenvalue weighted by atomic mass is 32.1. The fourth-order valence-corrected chi connectivity index (χ4v) is 2.16. The van der Waals surface area contributed by atoms with Gasteiger partial charge in [0.1, 0.15) is 4.88 Å². The smallest absolute Gasteiger partial charge is 0.346 e. The van der Waals surface area contributed by atoms with Crippen molar-refractivity contribution >= 4 is 17.3 Å². The van der Waals surface area contributed by atoms with E-state index in [1.54, 1.807) is 0 Å². The normalized spacial score (nSPS) is 15.7. The van der Waals surface area contributed by atoms with Gasteiger partial charge < -0.3 is 10.4 Å². The van der Waals surface area contributed by atoms with Crippen molar-refractivity contribution in [2.75, 3.05) is 6.54 Å². The average Bonchev–Trinajstić information content (AvgIpc) is 2.82. The lowest BCUT2D eigenvalue weighted by molar-refractivity contribution is 0.0701. The highest BCUT2D eigenvalue weighted by Gasteiger charge is 2.20. The van der Waals surface area contributed by atoms with Crippen LogP contribution in [0.5, 0.6) is 0 Å². The fraction of sp³-hybridized carbons (Fsp3) is 0.500. The summed E-state index contributed by atoms with van der Waals surface area (Å²) in [5.41, 5.74) is 0.906. The molecule has 1 aliphatic rings. The van der Waals surface area contributed by atoms with Gasteiger partial charge in [-0.2, -0.15) is 0 Å². The van der Waals surface area contributed by atoms with Crippen molar-refractivity contribution in [3.05, 3.63) is 21.9 Å². The molecule has 1 aromatic rings. The third-order valence-electron chi connectivity index (χ3n) is 2.39. The van der Waals surface area contributed by atoms with Crippen molar-refractivity contribution < 1.29 is 9.90 Å². The number of thiophene rings is 1. The molecular formula is C10H13NO2S. The zero-order chi connectivity index (χ0) is 9.97. The summed E-state index contributed by atoms with van der Waals surface area (Å²) in [7, 11) is 0. The Kier molecular flexibility index (Phi) is 2.84. The molecule has 0 unspecified atom stereocenters. The van der Waals surface area contributed by atoms with Gasteiger partial charge in [-0.25, -0.2) is 4.79 Å². The highest BCUT2D eigenvalue weighted by molar-refractivity contribution is 7.12. The summed E-state index contributed by atoms with van der Waals surface area (Å²) in [6.45, 7) is 1.70. The first-order valence-corrected chi connectivity index (χ1v) is 5.65. The molecular weight excluding hydrogens is 198 g/mol. The highest BCUT2D eigenvalue weighted by Crippen LogP contribution is 2.27. The Morgan fingerprint density at radius 3 is 3.07 bits per heavy atom. The zero-order valence-electron chi connectivity index (χ0n) is 7.82. The standard InChI is InChI=1S/C10H13NO2S/c12-10(13)9-8(3-4-14-9)6-11-5-7-1-2-7/h3-4,7,11H,1-2,5-6H2,(H,12,13). The predicted octanol–water partition coefficient (Wildman–Crippen LogP) is 1.95. The van der Waals surface area contributed by atoms with E-state index in [4.69, 9.17) is 5.11 Å². The molecule has 14 heavy (non-hydrogen) atoms. The summed E-state index contributed by atoms with van der Waals surface area (Å²) in [5.74, 6) is 0.0186. The minimum Gasteiger partial charge on any atom is -0.477 e. The van der Waals surface area contributed by atoms with E-state index in [9.17, 15) is 4.79 Å². The molecule has 0 amide bonds. The van der Waals surface area contributed by atoms with Gasteiger partial charge in [-0.1, -0.05) is 0 Å². The van der Waals surface area contributed by atoms with Crippen LogP contribution in [0.1, 0.15) is 28.1 Å². The van der Waals surface area contributed by atoms with E-state index >= 15 is 0 Å². The number of carbonyl (C=O) groups is 1. The molecule has 76 valence electrons. The quantitative estimate of drug-likeness (QED) is 0.782. The van der Waals surface area contributed by atoms with Gasteiger partial charge >= 0.3 is 5.97 Å². The minimum atomic E-state index is -0.816. The molecule has 0 spiro atoms. The van der Waals surface area contributed by atoms with Crippen molar-refractivity contribution in [1.82, 2.24) is 5.32 Å². The Bertz CT molecular complexity index is 331. The molecule has 1 heterocycles. The van der Waals surface area contributed by atoms with Gasteiger partial charge in [-0.05, 0) is 42.3 Å². The molecule has 1 saturated carbocycles. The van der Waals surface area contributed by atoms with E-state index in [1.165, 1.54) is 24.2 Å². The first-order valence-electron chi connectivity index (χ1n) is 4.77. The summed E-state index contributed by atoms with van der Waals surface area (Å²) in [5, 5.41) is 14.0. The van der Waals surface area contributed by atoms with E-state index in [0.717, 1.165) is 18.0 Å². The third kappa shape index (κ3) is 2.33. The van der Waals surface area contributed by atoms with Crippen molar-refractivity contribution in [3.63, 3.8) is 0 Å². The summed E-state index contributed by atoms with van der Waals surface area (Å²) >= 11 is 1.29. The lowest BCUT2D eigenvalue weighted by atomic mass is 10.2. The Balaban J connectivity index is 1.87. The Hall–Kier alpha value is -0.870. The van der Waals surface area contributed by atoms with Crippen LogP contribution in [0, 0.1) is 5.92 Å². The van der Waals surface area contributed by atoms with Gasteiger partial charge in [0.2, 0.25) is 0 Å². The molecule has 0 bridgehead atoms. The molecule has 0 aromatic carbocycles. The molecule has 4 heteroatoms. The van der Waals surface area contributed by atoms with Crippen LogP contribution in [0.15, 0.2) is 11.4 Å². The SMILES string of the molecule is O=C(O)c1sccc1CNCC1CC1. The molecule has 0 atom stereocenters. The lowest BCUT2D eigenvalue weighted by Crippen LogP contribution is -2.17. The van der Waals surface area contributed by atoms with Crippen LogP contribution >= 0.6 is 11.3 Å². The molecule has 2 N–H and O–H groups in total. The summed E-state index contributed by atoms with van der Waals surface area (Å²) in [6, 6.07) is 1.88. The van der Waals surface area contributed by atoms with Crippen LogP contribution in [-0.4, -0.2) is 17.6 Å². The van der Waals surface area contributed by atoms with Crippen molar-refractivity contribution in [2.45, 2.75) is 19.4 Å². The molecule has 1 fully saturated rings. The fourth-order valence-electron chi connectivity index (χ4n) is 1.40. The van der Waals surface area contributed by atoms with Crippen molar-refractivity contribution in [1.29, 1.82) is 0 Å². The maximum absolute atomic E-state index is 10.8. The monoisotopic (exact) mass is 211 g/mol. The Morgan fingerprint density at radius 1 is 1.64 bits per heavy atom. The summed E-state index contributed by atoms with van der Waals surface area (Å²) in [4.78, 5) is 11.2. The molecule has 0 saturated heterocycles. The van der Waals surface area contributed by atoms with E-state index in [1.807, 2.05) is 11.4 Å². The second-order valence-corrected chi connectivity index (χ2v) is 4.57. The van der Waals surface area contributed by atoms with Gasteiger partial charge in [0.15, 0.2) is 0 Å². The lowest BCUT2D eigenvalue weighted by Gasteiger charge is -2.02. The molecule has 3 nitrogen and oxygen atoms in total. The first-order chi connectivity index (χ1) is 6.77. The number of nitrogens with one attached hydrogen (secondary N) is 1. The molecule has 1 aromatic heterocycles. The van der Waals surface area contributed by atoms with E-state index < -0.39 is 5.97 Å². The van der Waals surface area contributed by atoms with Gasteiger partial charge in [0, 0.05) is 6.54 Å². The number of hydrogen-bond donors (Lipinski definition) is 2. The summed E-state index contributed by atoms with van der Waals surface area (Å²) in [6.07, 6.45) is 2.64. The van der Waals surface area contributed by atoms with Gasteiger partial charge in [-0.3, -0.25) is 0 Å². The largest absolute Gasteiger partial charge is 0.477 e. The number of hydrogen-bond acceptors (Lipinski definition) is 3. The summed E-state index contributed by atoms with van der Waals surface area (Å²) < 4.78 is 0. The van der Waals surface area contributed by atoms with Crippen molar-refractivity contribution in [2.24, 2.45) is 5.92 Å². The second-order valence-electron chi connectivity index (χ2n) is 3.65. The molecule has 1 aliphatic carbocycles. The van der Waals surface area contributed by atoms with Gasteiger partial charge in [0.05, 0.1) is 0 Å². The van der Waals surface area contributed by atoms with Crippen LogP contribution in [0.2, 0.25) is 0 Å². The molecule has 0 aliphatic heterocycles. The van der Waals surface area contributed by atoms with Crippen LogP contribution in [0.4, 0.5) is 0 Å². The number of aromatic carboxylic acids is 1.